The number of carbonyl (C=O) groups is 1. The number of para-hydroxylation sites is 1. The highest BCUT2D eigenvalue weighted by atomic mass is 19.4. The van der Waals surface area contributed by atoms with Crippen LogP contribution < -0.4 is 10.1 Å². The smallest absolute Gasteiger partial charge is 0.416 e. The molecule has 0 aliphatic rings. The highest BCUT2D eigenvalue weighted by Crippen LogP contribution is 2.30. The van der Waals surface area contributed by atoms with Crippen LogP contribution in [0.25, 0.3) is 0 Å². The van der Waals surface area contributed by atoms with E-state index in [-0.39, 0.29) is 12.4 Å². The fourth-order valence-electron chi connectivity index (χ4n) is 2.05. The lowest BCUT2D eigenvalue weighted by atomic mass is 10.1. The summed E-state index contributed by atoms with van der Waals surface area (Å²) in [6.45, 7) is 1.21. The van der Waals surface area contributed by atoms with Gasteiger partial charge in [-0.2, -0.15) is 13.2 Å². The van der Waals surface area contributed by atoms with E-state index in [0.717, 1.165) is 24.3 Å². The molecule has 1 atom stereocenters. The van der Waals surface area contributed by atoms with E-state index in [1.807, 2.05) is 0 Å². The summed E-state index contributed by atoms with van der Waals surface area (Å²) >= 11 is 0. The molecule has 0 aliphatic carbocycles. The average Bonchev–Trinajstić information content (AvgIpc) is 2.53. The van der Waals surface area contributed by atoms with Crippen LogP contribution in [-0.2, 0) is 11.0 Å². The highest BCUT2D eigenvalue weighted by molar-refractivity contribution is 5.92. The van der Waals surface area contributed by atoms with Crippen LogP contribution >= 0.6 is 0 Å². The number of rotatable bonds is 5. The van der Waals surface area contributed by atoms with Crippen LogP contribution in [-0.4, -0.2) is 17.6 Å². The molecule has 1 unspecified atom stereocenters. The van der Waals surface area contributed by atoms with Crippen molar-refractivity contribution in [3.63, 3.8) is 0 Å². The van der Waals surface area contributed by atoms with Crippen molar-refractivity contribution < 1.29 is 27.8 Å². The lowest BCUT2D eigenvalue weighted by Gasteiger charge is -2.13. The summed E-state index contributed by atoms with van der Waals surface area (Å²) in [6, 6.07) is 10.8. The number of benzene rings is 2. The van der Waals surface area contributed by atoms with Gasteiger partial charge >= 0.3 is 6.18 Å². The predicted octanol–water partition coefficient (Wildman–Crippen LogP) is 3.78. The van der Waals surface area contributed by atoms with Crippen LogP contribution in [0, 0.1) is 0 Å². The van der Waals surface area contributed by atoms with Gasteiger partial charge in [-0.25, -0.2) is 0 Å². The molecule has 128 valence electrons. The second-order valence-corrected chi connectivity index (χ2v) is 5.12. The van der Waals surface area contributed by atoms with Gasteiger partial charge in [0.1, 0.15) is 5.75 Å². The minimum atomic E-state index is -4.42. The number of aliphatic hydroxyl groups excluding tert-OH is 1. The van der Waals surface area contributed by atoms with Crippen molar-refractivity contribution in [1.82, 2.24) is 0 Å². The molecule has 0 fully saturated rings. The number of hydrogen-bond donors (Lipinski definition) is 2. The number of amides is 1. The van der Waals surface area contributed by atoms with Crippen LogP contribution in [0.2, 0.25) is 0 Å². The van der Waals surface area contributed by atoms with E-state index in [1.165, 1.54) is 0 Å². The fraction of sp³-hybridized carbons (Fsp3) is 0.235. The zero-order chi connectivity index (χ0) is 17.7. The molecular formula is C17H16F3NO3. The van der Waals surface area contributed by atoms with Gasteiger partial charge in [-0.05, 0) is 37.3 Å². The molecule has 1 amide bonds. The summed E-state index contributed by atoms with van der Waals surface area (Å²) in [6.07, 6.45) is -5.17. The number of hydrogen-bond acceptors (Lipinski definition) is 3. The maximum atomic E-state index is 12.5. The van der Waals surface area contributed by atoms with Crippen LogP contribution in [0.5, 0.6) is 5.75 Å². The van der Waals surface area contributed by atoms with E-state index >= 15 is 0 Å². The normalized spacial score (nSPS) is 12.5. The Morgan fingerprint density at radius 2 is 1.79 bits per heavy atom. The lowest BCUT2D eigenvalue weighted by molar-refractivity contribution is -0.137. The summed E-state index contributed by atoms with van der Waals surface area (Å²) in [5.41, 5.74) is 0.221. The first-order valence-corrected chi connectivity index (χ1v) is 7.14. The molecule has 0 heterocycles. The molecule has 2 aromatic rings. The quantitative estimate of drug-likeness (QED) is 0.872. The summed E-state index contributed by atoms with van der Waals surface area (Å²) in [4.78, 5) is 11.9. The SMILES string of the molecule is CC(O)c1ccccc1NC(=O)COc1ccc(C(F)(F)F)cc1. The van der Waals surface area contributed by atoms with E-state index in [1.54, 1.807) is 31.2 Å². The van der Waals surface area contributed by atoms with Crippen LogP contribution in [0.15, 0.2) is 48.5 Å². The average molecular weight is 339 g/mol. The molecule has 0 bridgehead atoms. The minimum absolute atomic E-state index is 0.155. The molecule has 24 heavy (non-hydrogen) atoms. The van der Waals surface area contributed by atoms with E-state index in [2.05, 4.69) is 5.32 Å². The van der Waals surface area contributed by atoms with Crippen molar-refractivity contribution in [1.29, 1.82) is 0 Å². The third kappa shape index (κ3) is 4.73. The largest absolute Gasteiger partial charge is 0.484 e. The molecule has 2 N–H and O–H groups in total. The first-order chi connectivity index (χ1) is 11.3. The van der Waals surface area contributed by atoms with Gasteiger partial charge in [0, 0.05) is 11.3 Å². The van der Waals surface area contributed by atoms with Crippen molar-refractivity contribution >= 4 is 11.6 Å². The molecular weight excluding hydrogens is 323 g/mol. The Balaban J connectivity index is 1.94. The Labute approximate surface area is 136 Å². The second-order valence-electron chi connectivity index (χ2n) is 5.12. The maximum absolute atomic E-state index is 12.5. The van der Waals surface area contributed by atoms with E-state index in [4.69, 9.17) is 4.74 Å². The van der Waals surface area contributed by atoms with Crippen LogP contribution in [0.3, 0.4) is 0 Å². The van der Waals surface area contributed by atoms with Crippen molar-refractivity contribution in [3.05, 3.63) is 59.7 Å². The first kappa shape index (κ1) is 17.8. The molecule has 0 aliphatic heterocycles. The maximum Gasteiger partial charge on any atom is 0.416 e. The number of aliphatic hydroxyl groups is 1. The topological polar surface area (TPSA) is 58.6 Å². The van der Waals surface area contributed by atoms with Crippen molar-refractivity contribution in [2.75, 3.05) is 11.9 Å². The van der Waals surface area contributed by atoms with Crippen LogP contribution in [0.1, 0.15) is 24.2 Å². The number of halogens is 3. The number of anilines is 1. The predicted molar refractivity (Wildman–Crippen MR) is 82.6 cm³/mol. The van der Waals surface area contributed by atoms with Gasteiger partial charge in [-0.15, -0.1) is 0 Å². The zero-order valence-corrected chi connectivity index (χ0v) is 12.8. The standard InChI is InChI=1S/C17H16F3NO3/c1-11(22)14-4-2-3-5-15(14)21-16(23)10-24-13-8-6-12(7-9-13)17(18,19)20/h2-9,11,22H,10H2,1H3,(H,21,23). The number of nitrogens with one attached hydrogen (secondary N) is 1. The summed E-state index contributed by atoms with van der Waals surface area (Å²) in [7, 11) is 0. The summed E-state index contributed by atoms with van der Waals surface area (Å²) in [5, 5.41) is 12.2. The third-order valence-corrected chi connectivity index (χ3v) is 3.24. The van der Waals surface area contributed by atoms with Crippen molar-refractivity contribution in [2.24, 2.45) is 0 Å². The molecule has 7 heteroatoms. The molecule has 2 aromatic carbocycles. The van der Waals surface area contributed by atoms with Gasteiger partial charge < -0.3 is 15.2 Å². The fourth-order valence-corrected chi connectivity index (χ4v) is 2.05. The van der Waals surface area contributed by atoms with E-state index in [0.29, 0.717) is 11.3 Å². The van der Waals surface area contributed by atoms with Gasteiger partial charge in [-0.3, -0.25) is 4.79 Å². The monoisotopic (exact) mass is 339 g/mol. The van der Waals surface area contributed by atoms with E-state index < -0.39 is 23.8 Å². The summed E-state index contributed by atoms with van der Waals surface area (Å²) < 4.78 is 42.5. The molecule has 0 saturated heterocycles. The zero-order valence-electron chi connectivity index (χ0n) is 12.8. The van der Waals surface area contributed by atoms with Crippen LogP contribution in [0.4, 0.5) is 18.9 Å². The molecule has 2 rings (SSSR count). The van der Waals surface area contributed by atoms with Gasteiger partial charge in [0.2, 0.25) is 0 Å². The molecule has 0 radical (unpaired) electrons. The Bertz CT molecular complexity index is 697. The molecule has 0 saturated carbocycles. The highest BCUT2D eigenvalue weighted by Gasteiger charge is 2.30. The first-order valence-electron chi connectivity index (χ1n) is 7.14. The summed E-state index contributed by atoms with van der Waals surface area (Å²) in [5.74, 6) is -0.329. The second kappa shape index (κ2) is 7.35. The Morgan fingerprint density at radius 3 is 2.38 bits per heavy atom. The number of ether oxygens (including phenoxy) is 1. The molecule has 4 nitrogen and oxygen atoms in total. The Kier molecular flexibility index (Phi) is 5.46. The van der Waals surface area contributed by atoms with Crippen molar-refractivity contribution in [2.45, 2.75) is 19.2 Å². The van der Waals surface area contributed by atoms with Crippen molar-refractivity contribution in [3.8, 4) is 5.75 Å². The number of carbonyl (C=O) groups excluding carboxylic acids is 1. The van der Waals surface area contributed by atoms with E-state index in [9.17, 15) is 23.1 Å². The van der Waals surface area contributed by atoms with Gasteiger partial charge in [-0.1, -0.05) is 18.2 Å². The molecule has 0 aromatic heterocycles. The Morgan fingerprint density at radius 1 is 1.17 bits per heavy atom. The lowest BCUT2D eigenvalue weighted by Crippen LogP contribution is -2.21. The third-order valence-electron chi connectivity index (χ3n) is 3.24. The van der Waals surface area contributed by atoms with Gasteiger partial charge in [0.05, 0.1) is 11.7 Å². The van der Waals surface area contributed by atoms with Gasteiger partial charge in [0.25, 0.3) is 5.91 Å². The minimum Gasteiger partial charge on any atom is -0.484 e. The molecule has 0 spiro atoms. The van der Waals surface area contributed by atoms with Gasteiger partial charge in [0.15, 0.2) is 6.61 Å². The number of alkyl halides is 3. The Hall–Kier alpha value is -2.54.